The second kappa shape index (κ2) is 8.14. The maximum atomic E-state index is 12.4. The van der Waals surface area contributed by atoms with E-state index in [0.717, 1.165) is 5.56 Å². The maximum absolute atomic E-state index is 12.4. The molecule has 1 aromatic heterocycles. The third-order valence-electron chi connectivity index (χ3n) is 4.24. The van der Waals surface area contributed by atoms with E-state index >= 15 is 0 Å². The van der Waals surface area contributed by atoms with E-state index in [1.807, 2.05) is 12.1 Å². The molecule has 3 aromatic rings. The Morgan fingerprint density at radius 1 is 1.07 bits per heavy atom. The van der Waals surface area contributed by atoms with E-state index < -0.39 is 11.7 Å². The number of aromatic amines is 1. The summed E-state index contributed by atoms with van der Waals surface area (Å²) in [5, 5.41) is 3.89. The summed E-state index contributed by atoms with van der Waals surface area (Å²) in [5.74, 6) is 0.0250. The summed E-state index contributed by atoms with van der Waals surface area (Å²) in [5.41, 5.74) is 2.00. The number of H-pyrrole nitrogens is 1. The summed E-state index contributed by atoms with van der Waals surface area (Å²) in [6.45, 7) is 0.328. The first-order valence-corrected chi connectivity index (χ1v) is 8.71. The average Bonchev–Trinajstić information content (AvgIpc) is 3.09. The minimum atomic E-state index is -0.647. The molecule has 0 unspecified atom stereocenters. The van der Waals surface area contributed by atoms with Crippen LogP contribution in [0.2, 0.25) is 5.02 Å². The standard InChI is InChI=1S/C20H19ClN2O4/c1-26-17-6-3-12(9-18(17)27-2)7-8-22-20(25)19(24)15-11-23-16-10-13(21)4-5-14(15)16/h3-6,9-11,23H,7-8H2,1-2H3,(H,22,25). The summed E-state index contributed by atoms with van der Waals surface area (Å²) < 4.78 is 10.5. The molecule has 0 spiro atoms. The van der Waals surface area contributed by atoms with E-state index in [-0.39, 0.29) is 0 Å². The molecule has 1 heterocycles. The van der Waals surface area contributed by atoms with Crippen molar-refractivity contribution in [3.63, 3.8) is 0 Å². The fourth-order valence-corrected chi connectivity index (χ4v) is 3.02. The molecule has 0 saturated heterocycles. The number of halogens is 1. The van der Waals surface area contributed by atoms with Gasteiger partial charge in [0.15, 0.2) is 11.5 Å². The van der Waals surface area contributed by atoms with Gasteiger partial charge in [-0.25, -0.2) is 0 Å². The zero-order chi connectivity index (χ0) is 19.4. The molecule has 1 amide bonds. The lowest BCUT2D eigenvalue weighted by Gasteiger charge is -2.10. The van der Waals surface area contributed by atoms with Gasteiger partial charge in [-0.3, -0.25) is 9.59 Å². The number of nitrogens with one attached hydrogen (secondary N) is 2. The number of hydrogen-bond acceptors (Lipinski definition) is 4. The minimum Gasteiger partial charge on any atom is -0.493 e. The first-order valence-electron chi connectivity index (χ1n) is 8.33. The molecule has 0 aliphatic carbocycles. The van der Waals surface area contributed by atoms with Gasteiger partial charge in [-0.15, -0.1) is 0 Å². The first kappa shape index (κ1) is 18.8. The molecule has 2 aromatic carbocycles. The van der Waals surface area contributed by atoms with E-state index in [1.54, 1.807) is 38.5 Å². The van der Waals surface area contributed by atoms with Gasteiger partial charge in [0.2, 0.25) is 0 Å². The zero-order valence-electron chi connectivity index (χ0n) is 15.0. The molecular formula is C20H19ClN2O4. The number of aromatic nitrogens is 1. The van der Waals surface area contributed by atoms with Crippen molar-refractivity contribution in [2.75, 3.05) is 20.8 Å². The molecule has 6 nitrogen and oxygen atoms in total. The van der Waals surface area contributed by atoms with Gasteiger partial charge in [0.25, 0.3) is 11.7 Å². The topological polar surface area (TPSA) is 80.4 Å². The van der Waals surface area contributed by atoms with Crippen LogP contribution in [0.15, 0.2) is 42.6 Å². The molecule has 7 heteroatoms. The van der Waals surface area contributed by atoms with E-state index in [9.17, 15) is 9.59 Å². The summed E-state index contributed by atoms with van der Waals surface area (Å²) in [6, 6.07) is 10.7. The molecule has 0 fully saturated rings. The Morgan fingerprint density at radius 3 is 2.59 bits per heavy atom. The van der Waals surface area contributed by atoms with Crippen molar-refractivity contribution in [1.29, 1.82) is 0 Å². The van der Waals surface area contributed by atoms with Crippen LogP contribution in [-0.2, 0) is 11.2 Å². The quantitative estimate of drug-likeness (QED) is 0.482. The predicted octanol–water partition coefficient (Wildman–Crippen LogP) is 3.38. The number of carbonyl (C=O) groups is 2. The van der Waals surface area contributed by atoms with Crippen molar-refractivity contribution in [3.05, 3.63) is 58.7 Å². The van der Waals surface area contributed by atoms with Crippen LogP contribution in [0.1, 0.15) is 15.9 Å². The summed E-state index contributed by atoms with van der Waals surface area (Å²) >= 11 is 5.94. The van der Waals surface area contributed by atoms with E-state index in [2.05, 4.69) is 10.3 Å². The number of rotatable bonds is 7. The van der Waals surface area contributed by atoms with Crippen LogP contribution < -0.4 is 14.8 Å². The van der Waals surface area contributed by atoms with Gasteiger partial charge in [-0.2, -0.15) is 0 Å². The molecule has 140 valence electrons. The van der Waals surface area contributed by atoms with Crippen molar-refractivity contribution >= 4 is 34.2 Å². The Morgan fingerprint density at radius 2 is 1.85 bits per heavy atom. The Labute approximate surface area is 161 Å². The van der Waals surface area contributed by atoms with Crippen LogP contribution in [0, 0.1) is 0 Å². The highest BCUT2D eigenvalue weighted by Crippen LogP contribution is 2.27. The fraction of sp³-hybridized carbons (Fsp3) is 0.200. The Hall–Kier alpha value is -2.99. The normalized spacial score (nSPS) is 10.6. The average molecular weight is 387 g/mol. The van der Waals surface area contributed by atoms with Crippen LogP contribution in [0.4, 0.5) is 0 Å². The third-order valence-corrected chi connectivity index (χ3v) is 4.48. The number of ether oxygens (including phenoxy) is 2. The van der Waals surface area contributed by atoms with Crippen molar-refractivity contribution in [2.45, 2.75) is 6.42 Å². The van der Waals surface area contributed by atoms with Crippen molar-refractivity contribution in [2.24, 2.45) is 0 Å². The lowest BCUT2D eigenvalue weighted by atomic mass is 10.1. The molecular weight excluding hydrogens is 368 g/mol. The summed E-state index contributed by atoms with van der Waals surface area (Å²) in [7, 11) is 3.14. The van der Waals surface area contributed by atoms with Crippen molar-refractivity contribution < 1.29 is 19.1 Å². The molecule has 0 bridgehead atoms. The van der Waals surface area contributed by atoms with Crippen molar-refractivity contribution in [1.82, 2.24) is 10.3 Å². The number of fused-ring (bicyclic) bond motifs is 1. The highest BCUT2D eigenvalue weighted by atomic mass is 35.5. The molecule has 2 N–H and O–H groups in total. The van der Waals surface area contributed by atoms with Gasteiger partial charge in [-0.05, 0) is 36.2 Å². The van der Waals surface area contributed by atoms with E-state index in [1.165, 1.54) is 6.20 Å². The fourth-order valence-electron chi connectivity index (χ4n) is 2.85. The van der Waals surface area contributed by atoms with Gasteiger partial charge in [0, 0.05) is 28.7 Å². The zero-order valence-corrected chi connectivity index (χ0v) is 15.7. The molecule has 0 atom stereocenters. The Balaban J connectivity index is 1.63. The Kier molecular flexibility index (Phi) is 5.66. The van der Waals surface area contributed by atoms with Gasteiger partial charge in [0.05, 0.1) is 19.8 Å². The largest absolute Gasteiger partial charge is 0.493 e. The lowest BCUT2D eigenvalue weighted by Crippen LogP contribution is -2.32. The second-order valence-corrected chi connectivity index (χ2v) is 6.35. The minimum absolute atomic E-state index is 0.324. The van der Waals surface area contributed by atoms with Crippen LogP contribution >= 0.6 is 11.6 Å². The first-order chi connectivity index (χ1) is 13.0. The number of benzene rings is 2. The number of hydrogen-bond donors (Lipinski definition) is 2. The van der Waals surface area contributed by atoms with Crippen LogP contribution in [0.25, 0.3) is 10.9 Å². The molecule has 0 aliphatic heterocycles. The van der Waals surface area contributed by atoms with Crippen LogP contribution in [0.5, 0.6) is 11.5 Å². The lowest BCUT2D eigenvalue weighted by molar-refractivity contribution is -0.116. The van der Waals surface area contributed by atoms with Crippen molar-refractivity contribution in [3.8, 4) is 11.5 Å². The number of ketones is 1. The molecule has 3 rings (SSSR count). The number of carbonyl (C=O) groups excluding carboxylic acids is 2. The van der Waals surface area contributed by atoms with E-state index in [0.29, 0.717) is 46.0 Å². The van der Waals surface area contributed by atoms with Gasteiger partial charge >= 0.3 is 0 Å². The smallest absolute Gasteiger partial charge is 0.292 e. The molecule has 0 saturated carbocycles. The van der Waals surface area contributed by atoms with Gasteiger partial charge in [0.1, 0.15) is 0 Å². The summed E-state index contributed by atoms with van der Waals surface area (Å²) in [4.78, 5) is 27.6. The van der Waals surface area contributed by atoms with E-state index in [4.69, 9.17) is 21.1 Å². The molecule has 27 heavy (non-hydrogen) atoms. The SMILES string of the molecule is COc1ccc(CCNC(=O)C(=O)c2c[nH]c3cc(Cl)ccc23)cc1OC. The second-order valence-electron chi connectivity index (χ2n) is 5.92. The monoisotopic (exact) mass is 386 g/mol. The third kappa shape index (κ3) is 4.06. The van der Waals surface area contributed by atoms with Gasteiger partial charge < -0.3 is 19.8 Å². The van der Waals surface area contributed by atoms with Crippen LogP contribution in [0.3, 0.4) is 0 Å². The molecule has 0 radical (unpaired) electrons. The molecule has 0 aliphatic rings. The maximum Gasteiger partial charge on any atom is 0.292 e. The number of Topliss-reactive ketones (excluding diaryl/α,β-unsaturated/α-hetero) is 1. The highest BCUT2D eigenvalue weighted by molar-refractivity contribution is 6.45. The highest BCUT2D eigenvalue weighted by Gasteiger charge is 2.19. The predicted molar refractivity (Wildman–Crippen MR) is 104 cm³/mol. The number of methoxy groups -OCH3 is 2. The summed E-state index contributed by atoms with van der Waals surface area (Å²) in [6.07, 6.45) is 2.08. The number of amides is 1. The van der Waals surface area contributed by atoms with Gasteiger partial charge in [-0.1, -0.05) is 23.7 Å². The van der Waals surface area contributed by atoms with Crippen LogP contribution in [-0.4, -0.2) is 37.4 Å². The Bertz CT molecular complexity index is 997.